The fraction of sp³-hybridized carbons (Fsp3) is 0.0227. The van der Waals surface area contributed by atoms with E-state index in [-0.39, 0.29) is 0 Å². The molecular weight excluding hydrogens is 632 g/mol. The van der Waals surface area contributed by atoms with Gasteiger partial charge in [0.05, 0.1) is 16.7 Å². The van der Waals surface area contributed by atoms with Gasteiger partial charge in [0.25, 0.3) is 0 Å². The summed E-state index contributed by atoms with van der Waals surface area (Å²) >= 11 is 0. The summed E-state index contributed by atoms with van der Waals surface area (Å²) in [7, 11) is -5.84. The molecule has 234 valence electrons. The van der Waals surface area contributed by atoms with Gasteiger partial charge in [-0.15, -0.1) is 0 Å². The Labute approximate surface area is 287 Å². The molecule has 0 amide bonds. The van der Waals surface area contributed by atoms with Gasteiger partial charge in [0.1, 0.15) is 5.82 Å². The molecule has 1 atom stereocenters. The number of rotatable bonds is 6. The minimum atomic E-state index is -3.21. The van der Waals surface area contributed by atoms with Crippen molar-refractivity contribution in [3.8, 4) is 16.8 Å². The number of hydrogen-bond donors (Lipinski definition) is 0. The second-order valence-electron chi connectivity index (χ2n) is 12.7. The summed E-state index contributed by atoms with van der Waals surface area (Å²) < 4.78 is 17.9. The molecular formula is C44H33N2OPSi. The van der Waals surface area contributed by atoms with Crippen LogP contribution in [0.3, 0.4) is 0 Å². The Morgan fingerprint density at radius 1 is 0.510 bits per heavy atom. The number of aromatic nitrogens is 2. The minimum Gasteiger partial charge on any atom is -0.308 e. The standard InChI is InChI=1S/C44H33N2OPSi/c1-32-45-40-23-14-24-42-44(40)46(32)41-30-27-34(31-43(41)48(42,47)35-15-6-2-7-16-35)33-25-28-39(29-26-33)49(36-17-8-3-9-18-36,37-19-10-4-11-20-37)38-21-12-5-13-22-38/h2-31H,1H3. The zero-order valence-electron chi connectivity index (χ0n) is 27.1. The van der Waals surface area contributed by atoms with Gasteiger partial charge in [0.2, 0.25) is 0 Å². The largest absolute Gasteiger partial charge is 0.308 e. The second-order valence-corrected chi connectivity index (χ2v) is 19.2. The van der Waals surface area contributed by atoms with E-state index < -0.39 is 15.2 Å². The predicted octanol–water partition coefficient (Wildman–Crippen LogP) is 6.33. The van der Waals surface area contributed by atoms with Crippen LogP contribution >= 0.6 is 7.14 Å². The Morgan fingerprint density at radius 2 is 1.02 bits per heavy atom. The van der Waals surface area contributed by atoms with Crippen LogP contribution in [0.5, 0.6) is 0 Å². The predicted molar refractivity (Wildman–Crippen MR) is 208 cm³/mol. The van der Waals surface area contributed by atoms with Crippen molar-refractivity contribution in [2.24, 2.45) is 0 Å². The Bertz CT molecular complexity index is 2420. The van der Waals surface area contributed by atoms with Crippen molar-refractivity contribution in [1.82, 2.24) is 9.55 Å². The third-order valence-electron chi connectivity index (χ3n) is 10.1. The van der Waals surface area contributed by atoms with Crippen LogP contribution in [0.15, 0.2) is 182 Å². The molecule has 0 fully saturated rings. The number of aryl methyl sites for hydroxylation is 1. The fourth-order valence-corrected chi connectivity index (χ4v) is 15.7. The molecule has 0 radical (unpaired) electrons. The average Bonchev–Trinajstić information content (AvgIpc) is 3.52. The lowest BCUT2D eigenvalue weighted by Crippen LogP contribution is -2.74. The normalized spacial score (nSPS) is 15.2. The van der Waals surface area contributed by atoms with Gasteiger partial charge in [-0.1, -0.05) is 158 Å². The lowest BCUT2D eigenvalue weighted by atomic mass is 10.1. The molecule has 0 saturated carbocycles. The van der Waals surface area contributed by atoms with Gasteiger partial charge in [0, 0.05) is 15.9 Å². The van der Waals surface area contributed by atoms with Crippen LogP contribution < -0.4 is 36.7 Å². The topological polar surface area (TPSA) is 34.9 Å². The van der Waals surface area contributed by atoms with Gasteiger partial charge in [-0.3, -0.25) is 4.57 Å². The van der Waals surface area contributed by atoms with Crippen molar-refractivity contribution >= 4 is 62.9 Å². The average molecular weight is 665 g/mol. The molecule has 1 aliphatic heterocycles. The summed E-state index contributed by atoms with van der Waals surface area (Å²) in [5.41, 5.74) is 4.89. The van der Waals surface area contributed by atoms with Gasteiger partial charge >= 0.3 is 0 Å². The molecule has 7 aromatic carbocycles. The monoisotopic (exact) mass is 664 g/mol. The van der Waals surface area contributed by atoms with Crippen molar-refractivity contribution in [1.29, 1.82) is 0 Å². The molecule has 49 heavy (non-hydrogen) atoms. The zero-order chi connectivity index (χ0) is 33.0. The van der Waals surface area contributed by atoms with Crippen molar-refractivity contribution < 1.29 is 4.57 Å². The molecule has 3 nitrogen and oxygen atoms in total. The highest BCUT2D eigenvalue weighted by atomic mass is 31.2. The van der Waals surface area contributed by atoms with E-state index in [1.807, 2.05) is 55.5 Å². The Balaban J connectivity index is 1.24. The first kappa shape index (κ1) is 29.6. The zero-order valence-corrected chi connectivity index (χ0v) is 29.0. The Kier molecular flexibility index (Phi) is 6.98. The van der Waals surface area contributed by atoms with E-state index in [0.717, 1.165) is 49.6 Å². The molecule has 1 aliphatic rings. The second kappa shape index (κ2) is 11.6. The number of benzene rings is 7. The summed E-state index contributed by atoms with van der Waals surface area (Å²) in [4.78, 5) is 4.88. The highest BCUT2D eigenvalue weighted by molar-refractivity contribution is 7.86. The van der Waals surface area contributed by atoms with E-state index in [1.54, 1.807) is 0 Å². The van der Waals surface area contributed by atoms with Crippen LogP contribution in [0.2, 0.25) is 0 Å². The van der Waals surface area contributed by atoms with Crippen molar-refractivity contribution in [3.63, 3.8) is 0 Å². The van der Waals surface area contributed by atoms with Crippen LogP contribution in [-0.2, 0) is 4.57 Å². The summed E-state index contributed by atoms with van der Waals surface area (Å²) in [5.74, 6) is 0.893. The van der Waals surface area contributed by atoms with Gasteiger partial charge in [-0.05, 0) is 63.1 Å². The maximum Gasteiger partial charge on any atom is 0.179 e. The van der Waals surface area contributed by atoms with Gasteiger partial charge in [0.15, 0.2) is 15.2 Å². The highest BCUT2D eigenvalue weighted by Gasteiger charge is 2.42. The van der Waals surface area contributed by atoms with E-state index in [4.69, 9.17) is 4.98 Å². The summed E-state index contributed by atoms with van der Waals surface area (Å²) in [6.07, 6.45) is 0. The summed E-state index contributed by atoms with van der Waals surface area (Å²) in [6.45, 7) is 2.03. The van der Waals surface area contributed by atoms with Crippen molar-refractivity contribution in [2.75, 3.05) is 0 Å². The maximum absolute atomic E-state index is 15.7. The highest BCUT2D eigenvalue weighted by Crippen LogP contribution is 2.49. The maximum atomic E-state index is 15.7. The lowest BCUT2D eigenvalue weighted by molar-refractivity contribution is 0.592. The third kappa shape index (κ3) is 4.42. The lowest BCUT2D eigenvalue weighted by Gasteiger charge is -2.34. The number of para-hydroxylation sites is 1. The van der Waals surface area contributed by atoms with Crippen molar-refractivity contribution in [3.05, 3.63) is 188 Å². The van der Waals surface area contributed by atoms with Crippen LogP contribution in [0.1, 0.15) is 5.82 Å². The smallest absolute Gasteiger partial charge is 0.179 e. The SMILES string of the molecule is Cc1nc2cccc3c2n1-c1ccc(-c2ccc([Si](c4ccccc4)(c4ccccc4)c4ccccc4)cc2)cc1P3(=O)c1ccccc1. The fourth-order valence-electron chi connectivity index (χ4n) is 7.94. The van der Waals surface area contributed by atoms with Crippen molar-refractivity contribution in [2.45, 2.75) is 6.92 Å². The third-order valence-corrected chi connectivity index (χ3v) is 18.0. The van der Waals surface area contributed by atoms with Gasteiger partial charge in [-0.2, -0.15) is 0 Å². The molecule has 8 aromatic rings. The molecule has 1 unspecified atom stereocenters. The number of hydrogen-bond acceptors (Lipinski definition) is 2. The molecule has 0 saturated heterocycles. The molecule has 0 aliphatic carbocycles. The van der Waals surface area contributed by atoms with Crippen LogP contribution in [0.4, 0.5) is 0 Å². The Morgan fingerprint density at radius 3 is 1.59 bits per heavy atom. The minimum absolute atomic E-state index is 0.839. The number of fused-ring (bicyclic) bond motifs is 2. The number of nitrogens with zero attached hydrogens (tertiary/aromatic N) is 2. The van der Waals surface area contributed by atoms with Crippen LogP contribution in [0.25, 0.3) is 27.8 Å². The number of imidazole rings is 1. The first-order chi connectivity index (χ1) is 24.1. The summed E-state index contributed by atoms with van der Waals surface area (Å²) in [5, 5.41) is 7.89. The molecule has 0 N–H and O–H groups in total. The van der Waals surface area contributed by atoms with E-state index in [1.165, 1.54) is 20.7 Å². The van der Waals surface area contributed by atoms with E-state index >= 15 is 4.57 Å². The van der Waals surface area contributed by atoms with E-state index in [9.17, 15) is 0 Å². The first-order valence-electron chi connectivity index (χ1n) is 16.7. The summed E-state index contributed by atoms with van der Waals surface area (Å²) in [6, 6.07) is 64.6. The Hall–Kier alpha value is -5.54. The van der Waals surface area contributed by atoms with Crippen LogP contribution in [-0.4, -0.2) is 17.6 Å². The molecule has 5 heteroatoms. The quantitative estimate of drug-likeness (QED) is 0.118. The van der Waals surface area contributed by atoms with Gasteiger partial charge in [-0.25, -0.2) is 4.98 Å². The van der Waals surface area contributed by atoms with E-state index in [0.29, 0.717) is 0 Å². The van der Waals surface area contributed by atoms with Crippen LogP contribution in [0, 0.1) is 6.92 Å². The van der Waals surface area contributed by atoms with Gasteiger partial charge < -0.3 is 4.57 Å². The molecule has 2 heterocycles. The van der Waals surface area contributed by atoms with E-state index in [2.05, 4.69) is 138 Å². The molecule has 0 spiro atoms. The molecule has 0 bridgehead atoms. The molecule has 9 rings (SSSR count). The first-order valence-corrected chi connectivity index (χ1v) is 20.4. The molecule has 1 aromatic heterocycles.